The number of ether oxygens (including phenoxy) is 1. The van der Waals surface area contributed by atoms with Crippen molar-refractivity contribution in [3.05, 3.63) is 35.2 Å². The van der Waals surface area contributed by atoms with Crippen LogP contribution in [0.4, 0.5) is 0 Å². The molecule has 1 aromatic carbocycles. The third-order valence-electron chi connectivity index (χ3n) is 5.02. The van der Waals surface area contributed by atoms with E-state index in [4.69, 9.17) is 14.0 Å². The van der Waals surface area contributed by atoms with Crippen LogP contribution >= 0.6 is 11.3 Å². The summed E-state index contributed by atoms with van der Waals surface area (Å²) in [5, 5.41) is 1.17. The van der Waals surface area contributed by atoms with E-state index >= 15 is 0 Å². The van der Waals surface area contributed by atoms with Crippen molar-refractivity contribution in [1.82, 2.24) is 0 Å². The van der Waals surface area contributed by atoms with Crippen molar-refractivity contribution in [3.63, 3.8) is 0 Å². The summed E-state index contributed by atoms with van der Waals surface area (Å²) in [4.78, 5) is 13.0. The van der Waals surface area contributed by atoms with Crippen molar-refractivity contribution in [3.8, 4) is 0 Å². The van der Waals surface area contributed by atoms with E-state index in [1.54, 1.807) is 11.3 Å². The maximum atomic E-state index is 12.0. The van der Waals surface area contributed by atoms with Gasteiger partial charge in [-0.1, -0.05) is 18.2 Å². The van der Waals surface area contributed by atoms with Gasteiger partial charge in [0, 0.05) is 15.4 Å². The van der Waals surface area contributed by atoms with Crippen LogP contribution < -0.4 is 0 Å². The van der Waals surface area contributed by atoms with Crippen LogP contribution in [0.1, 0.15) is 44.8 Å². The van der Waals surface area contributed by atoms with Crippen LogP contribution in [0.15, 0.2) is 30.3 Å². The smallest absolute Gasteiger partial charge is 0.467 e. The van der Waals surface area contributed by atoms with Gasteiger partial charge in [0.05, 0.1) is 24.7 Å². The number of fused-ring (bicyclic) bond motifs is 1. The number of carbonyl (C=O) groups is 1. The Morgan fingerprint density at radius 1 is 1.21 bits per heavy atom. The molecular formula is C18H23BO4S. The Balaban J connectivity index is 1.96. The molecule has 1 saturated heterocycles. The van der Waals surface area contributed by atoms with Crippen LogP contribution in [0, 0.1) is 0 Å². The highest BCUT2D eigenvalue weighted by Gasteiger charge is 2.54. The number of methoxy groups -OCH3 is 1. The molecule has 2 heterocycles. The SMILES string of the molecule is COC(=O)CC(B1OC(C)(C)C(C)(C)O1)c1cc2ccccc2s1. The van der Waals surface area contributed by atoms with Crippen LogP contribution in [-0.4, -0.2) is 31.4 Å². The van der Waals surface area contributed by atoms with Crippen LogP contribution in [-0.2, 0) is 18.8 Å². The summed E-state index contributed by atoms with van der Waals surface area (Å²) in [5.41, 5.74) is -0.856. The van der Waals surface area contributed by atoms with Gasteiger partial charge in [-0.15, -0.1) is 11.3 Å². The Kier molecular flexibility index (Phi) is 4.49. The van der Waals surface area contributed by atoms with Crippen molar-refractivity contribution in [2.24, 2.45) is 0 Å². The summed E-state index contributed by atoms with van der Waals surface area (Å²) in [7, 11) is 0.941. The minimum Gasteiger partial charge on any atom is -0.469 e. The number of thiophene rings is 1. The van der Waals surface area contributed by atoms with Gasteiger partial charge in [-0.3, -0.25) is 4.79 Å². The molecular weight excluding hydrogens is 323 g/mol. The fourth-order valence-electron chi connectivity index (χ4n) is 2.83. The molecule has 0 bridgehead atoms. The largest absolute Gasteiger partial charge is 0.469 e. The van der Waals surface area contributed by atoms with E-state index in [1.165, 1.54) is 17.2 Å². The quantitative estimate of drug-likeness (QED) is 0.615. The molecule has 128 valence electrons. The van der Waals surface area contributed by atoms with E-state index in [9.17, 15) is 4.79 Å². The lowest BCUT2D eigenvalue weighted by Crippen LogP contribution is -2.41. The second kappa shape index (κ2) is 6.17. The molecule has 6 heteroatoms. The molecule has 0 radical (unpaired) electrons. The Morgan fingerprint density at radius 2 is 1.83 bits per heavy atom. The number of hydrogen-bond acceptors (Lipinski definition) is 5. The van der Waals surface area contributed by atoms with E-state index in [-0.39, 0.29) is 18.2 Å². The molecule has 0 N–H and O–H groups in total. The summed E-state index contributed by atoms with van der Waals surface area (Å²) in [6.45, 7) is 8.08. The Morgan fingerprint density at radius 3 is 2.42 bits per heavy atom. The first kappa shape index (κ1) is 17.5. The summed E-state index contributed by atoms with van der Waals surface area (Å²) in [6.07, 6.45) is 0.236. The lowest BCUT2D eigenvalue weighted by molar-refractivity contribution is -0.140. The topological polar surface area (TPSA) is 44.8 Å². The normalized spacial score (nSPS) is 20.3. The maximum Gasteiger partial charge on any atom is 0.467 e. The van der Waals surface area contributed by atoms with E-state index in [0.717, 1.165) is 4.88 Å². The molecule has 2 aromatic rings. The van der Waals surface area contributed by atoms with Crippen molar-refractivity contribution in [2.75, 3.05) is 7.11 Å². The molecule has 4 nitrogen and oxygen atoms in total. The second-order valence-corrected chi connectivity index (χ2v) is 8.31. The van der Waals surface area contributed by atoms with Crippen molar-refractivity contribution in [1.29, 1.82) is 0 Å². The first-order valence-corrected chi connectivity index (χ1v) is 8.96. The summed E-state index contributed by atoms with van der Waals surface area (Å²) < 4.78 is 18.5. The molecule has 1 unspecified atom stereocenters. The van der Waals surface area contributed by atoms with Gasteiger partial charge in [-0.25, -0.2) is 0 Å². The molecule has 1 aliphatic rings. The average molecular weight is 346 g/mol. The fraction of sp³-hybridized carbons (Fsp3) is 0.500. The van der Waals surface area contributed by atoms with E-state index in [1.807, 2.05) is 39.8 Å². The summed E-state index contributed by atoms with van der Waals surface area (Å²) in [5.74, 6) is -0.442. The zero-order valence-corrected chi connectivity index (χ0v) is 15.6. The van der Waals surface area contributed by atoms with Crippen molar-refractivity contribution < 1.29 is 18.8 Å². The summed E-state index contributed by atoms with van der Waals surface area (Å²) in [6, 6.07) is 10.3. The second-order valence-electron chi connectivity index (χ2n) is 7.20. The first-order chi connectivity index (χ1) is 11.2. The van der Waals surface area contributed by atoms with E-state index < -0.39 is 18.3 Å². The van der Waals surface area contributed by atoms with E-state index in [0.29, 0.717) is 0 Å². The molecule has 1 aliphatic heterocycles. The van der Waals surface area contributed by atoms with Crippen LogP contribution in [0.3, 0.4) is 0 Å². The van der Waals surface area contributed by atoms with Gasteiger partial charge in [-0.05, 0) is 45.2 Å². The highest BCUT2D eigenvalue weighted by Crippen LogP contribution is 2.43. The highest BCUT2D eigenvalue weighted by atomic mass is 32.1. The Labute approximate surface area is 147 Å². The van der Waals surface area contributed by atoms with Gasteiger partial charge in [-0.2, -0.15) is 0 Å². The first-order valence-electron chi connectivity index (χ1n) is 8.14. The molecule has 0 spiro atoms. The Bertz CT molecular complexity index is 703. The zero-order chi connectivity index (χ0) is 17.5. The number of carbonyl (C=O) groups excluding carboxylic acids is 1. The van der Waals surface area contributed by atoms with Gasteiger partial charge in [0.1, 0.15) is 0 Å². The number of benzene rings is 1. The molecule has 24 heavy (non-hydrogen) atoms. The van der Waals surface area contributed by atoms with Crippen molar-refractivity contribution >= 4 is 34.5 Å². The fourth-order valence-corrected chi connectivity index (χ4v) is 4.01. The zero-order valence-electron chi connectivity index (χ0n) is 14.8. The predicted octanol–water partition coefficient (Wildman–Crippen LogP) is 4.18. The summed E-state index contributed by atoms with van der Waals surface area (Å²) >= 11 is 1.68. The molecule has 0 aliphatic carbocycles. The third-order valence-corrected chi connectivity index (χ3v) is 6.27. The number of esters is 1. The van der Waals surface area contributed by atoms with Crippen LogP contribution in [0.5, 0.6) is 0 Å². The standard InChI is InChI=1S/C18H23BO4S/c1-17(2)18(3,4)23-19(22-17)13(11-16(20)21-5)15-10-12-8-6-7-9-14(12)24-15/h6-10,13H,11H2,1-5H3. The molecule has 3 rings (SSSR count). The highest BCUT2D eigenvalue weighted by molar-refractivity contribution is 7.19. The maximum absolute atomic E-state index is 12.0. The molecule has 0 amide bonds. The minimum atomic E-state index is -0.470. The molecule has 1 aromatic heterocycles. The average Bonchev–Trinajstić information content (AvgIpc) is 3.02. The van der Waals surface area contributed by atoms with Gasteiger partial charge in [0.15, 0.2) is 0 Å². The molecule has 1 atom stereocenters. The third kappa shape index (κ3) is 3.10. The minimum absolute atomic E-state index is 0.184. The molecule has 1 fully saturated rings. The van der Waals surface area contributed by atoms with E-state index in [2.05, 4.69) is 18.2 Å². The number of hydrogen-bond donors (Lipinski definition) is 0. The van der Waals surface area contributed by atoms with Crippen LogP contribution in [0.25, 0.3) is 10.1 Å². The van der Waals surface area contributed by atoms with Gasteiger partial charge in [0.25, 0.3) is 0 Å². The van der Waals surface area contributed by atoms with Crippen LogP contribution in [0.2, 0.25) is 0 Å². The molecule has 0 saturated carbocycles. The van der Waals surface area contributed by atoms with Crippen molar-refractivity contribution in [2.45, 2.75) is 51.1 Å². The lowest BCUT2D eigenvalue weighted by atomic mass is 9.69. The predicted molar refractivity (Wildman–Crippen MR) is 97.3 cm³/mol. The Hall–Kier alpha value is -1.37. The van der Waals surface area contributed by atoms with Gasteiger partial charge < -0.3 is 14.0 Å². The van der Waals surface area contributed by atoms with Gasteiger partial charge >= 0.3 is 13.1 Å². The number of rotatable bonds is 4. The van der Waals surface area contributed by atoms with Gasteiger partial charge in [0.2, 0.25) is 0 Å². The lowest BCUT2D eigenvalue weighted by Gasteiger charge is -2.32. The monoisotopic (exact) mass is 346 g/mol.